The van der Waals surface area contributed by atoms with Gasteiger partial charge in [-0.3, -0.25) is 19.4 Å². The van der Waals surface area contributed by atoms with Gasteiger partial charge in [0.1, 0.15) is 17.2 Å². The number of amides is 2. The van der Waals surface area contributed by atoms with Crippen LogP contribution in [0.25, 0.3) is 0 Å². The highest BCUT2D eigenvalue weighted by molar-refractivity contribution is 6.22. The molecule has 2 aromatic carbocycles. The van der Waals surface area contributed by atoms with Gasteiger partial charge in [0.2, 0.25) is 0 Å². The molecule has 2 heterocycles. The summed E-state index contributed by atoms with van der Waals surface area (Å²) in [6, 6.07) is 10.5. The van der Waals surface area contributed by atoms with Crippen molar-refractivity contribution in [3.05, 3.63) is 53.1 Å². The summed E-state index contributed by atoms with van der Waals surface area (Å²) in [4.78, 5) is 29.7. The maximum Gasteiger partial charge on any atom is 0.265 e. The monoisotopic (exact) mass is 440 g/mol. The largest absolute Gasteiger partial charge is 0.497 e. The molecule has 2 aromatic rings. The number of methoxy groups -OCH3 is 2. The van der Waals surface area contributed by atoms with Crippen LogP contribution >= 0.6 is 0 Å². The number of morpholine rings is 1. The van der Waals surface area contributed by atoms with Gasteiger partial charge in [-0.25, -0.2) is 0 Å². The molecule has 0 aliphatic carbocycles. The van der Waals surface area contributed by atoms with Crippen molar-refractivity contribution in [1.29, 1.82) is 0 Å². The van der Waals surface area contributed by atoms with E-state index in [9.17, 15) is 9.59 Å². The molecule has 0 N–H and O–H groups in total. The molecule has 0 aromatic heterocycles. The Bertz CT molecular complexity index is 986. The Morgan fingerprint density at radius 3 is 2.53 bits per heavy atom. The Balaban J connectivity index is 1.44. The molecule has 32 heavy (non-hydrogen) atoms. The summed E-state index contributed by atoms with van der Waals surface area (Å²) in [5.74, 6) is 0.960. The van der Waals surface area contributed by atoms with Gasteiger partial charge < -0.3 is 18.9 Å². The Labute approximate surface area is 187 Å². The minimum Gasteiger partial charge on any atom is -0.497 e. The van der Waals surface area contributed by atoms with Crippen LogP contribution in [-0.2, 0) is 11.3 Å². The van der Waals surface area contributed by atoms with Crippen molar-refractivity contribution in [2.75, 3.05) is 53.7 Å². The van der Waals surface area contributed by atoms with E-state index < -0.39 is 0 Å². The molecule has 2 aliphatic rings. The van der Waals surface area contributed by atoms with E-state index in [1.165, 1.54) is 4.90 Å². The van der Waals surface area contributed by atoms with Crippen molar-refractivity contribution in [2.45, 2.75) is 13.0 Å². The molecule has 8 heteroatoms. The maximum atomic E-state index is 13.2. The Morgan fingerprint density at radius 1 is 0.969 bits per heavy atom. The van der Waals surface area contributed by atoms with Crippen molar-refractivity contribution >= 4 is 11.8 Å². The van der Waals surface area contributed by atoms with Crippen LogP contribution in [0.15, 0.2) is 36.4 Å². The zero-order valence-electron chi connectivity index (χ0n) is 18.5. The molecular formula is C24H28N2O6. The quantitative estimate of drug-likeness (QED) is 0.438. The predicted molar refractivity (Wildman–Crippen MR) is 118 cm³/mol. The summed E-state index contributed by atoms with van der Waals surface area (Å²) in [6.45, 7) is 4.87. The van der Waals surface area contributed by atoms with Crippen LogP contribution in [0.2, 0.25) is 0 Å². The van der Waals surface area contributed by atoms with Crippen LogP contribution in [0.5, 0.6) is 17.2 Å². The van der Waals surface area contributed by atoms with Crippen LogP contribution in [0.3, 0.4) is 0 Å². The minimum atomic E-state index is -0.355. The highest BCUT2D eigenvalue weighted by atomic mass is 16.5. The molecule has 2 amide bonds. The standard InChI is InChI=1S/C24H28N2O6/c1-29-18-8-7-17(21(15-18)30-2)16-26-23(27)19-5-3-6-20(22(19)24(26)28)32-12-4-9-25-10-13-31-14-11-25/h3,5-8,15H,4,9-14,16H2,1-2H3. The molecule has 1 saturated heterocycles. The van der Waals surface area contributed by atoms with Gasteiger partial charge in [0.25, 0.3) is 11.8 Å². The summed E-state index contributed by atoms with van der Waals surface area (Å²) < 4.78 is 21.9. The van der Waals surface area contributed by atoms with E-state index in [1.54, 1.807) is 50.6 Å². The van der Waals surface area contributed by atoms with Crippen LogP contribution < -0.4 is 14.2 Å². The Hall–Kier alpha value is -3.10. The molecule has 170 valence electrons. The highest BCUT2D eigenvalue weighted by Crippen LogP contribution is 2.34. The van der Waals surface area contributed by atoms with Gasteiger partial charge in [0, 0.05) is 31.3 Å². The van der Waals surface area contributed by atoms with E-state index in [2.05, 4.69) is 4.90 Å². The van der Waals surface area contributed by atoms with E-state index in [4.69, 9.17) is 18.9 Å². The summed E-state index contributed by atoms with van der Waals surface area (Å²) in [5, 5.41) is 0. The summed E-state index contributed by atoms with van der Waals surface area (Å²) in [5.41, 5.74) is 1.42. The Morgan fingerprint density at radius 2 is 1.78 bits per heavy atom. The molecule has 0 atom stereocenters. The number of carbonyl (C=O) groups excluding carboxylic acids is 2. The lowest BCUT2D eigenvalue weighted by atomic mass is 10.1. The average molecular weight is 440 g/mol. The number of hydrogen-bond donors (Lipinski definition) is 0. The van der Waals surface area contributed by atoms with Crippen LogP contribution in [0, 0.1) is 0 Å². The number of nitrogens with zero attached hydrogens (tertiary/aromatic N) is 2. The van der Waals surface area contributed by atoms with Gasteiger partial charge in [0.05, 0.1) is 51.7 Å². The lowest BCUT2D eigenvalue weighted by molar-refractivity contribution is 0.0357. The number of ether oxygens (including phenoxy) is 4. The number of hydrogen-bond acceptors (Lipinski definition) is 7. The normalized spacial score (nSPS) is 16.2. The first-order valence-corrected chi connectivity index (χ1v) is 10.8. The van der Waals surface area contributed by atoms with Crippen molar-refractivity contribution in [2.24, 2.45) is 0 Å². The zero-order valence-corrected chi connectivity index (χ0v) is 18.5. The van der Waals surface area contributed by atoms with E-state index in [1.807, 2.05) is 0 Å². The van der Waals surface area contributed by atoms with Crippen LogP contribution in [0.1, 0.15) is 32.7 Å². The molecule has 4 rings (SSSR count). The number of carbonyl (C=O) groups is 2. The smallest absolute Gasteiger partial charge is 0.265 e. The summed E-state index contributed by atoms with van der Waals surface area (Å²) in [7, 11) is 3.12. The van der Waals surface area contributed by atoms with Gasteiger partial charge in [-0.2, -0.15) is 0 Å². The van der Waals surface area contributed by atoms with Gasteiger partial charge in [-0.05, 0) is 30.7 Å². The molecule has 8 nitrogen and oxygen atoms in total. The third-order valence-corrected chi connectivity index (χ3v) is 5.76. The van der Waals surface area contributed by atoms with Crippen LogP contribution in [-0.4, -0.2) is 75.3 Å². The van der Waals surface area contributed by atoms with E-state index in [-0.39, 0.29) is 18.4 Å². The van der Waals surface area contributed by atoms with Gasteiger partial charge in [-0.1, -0.05) is 6.07 Å². The lowest BCUT2D eigenvalue weighted by Crippen LogP contribution is -2.37. The zero-order chi connectivity index (χ0) is 22.5. The average Bonchev–Trinajstić information content (AvgIpc) is 3.08. The van der Waals surface area contributed by atoms with Gasteiger partial charge in [0.15, 0.2) is 0 Å². The van der Waals surface area contributed by atoms with Crippen molar-refractivity contribution in [3.63, 3.8) is 0 Å². The topological polar surface area (TPSA) is 77.5 Å². The van der Waals surface area contributed by atoms with E-state index in [0.717, 1.165) is 44.8 Å². The number of fused-ring (bicyclic) bond motifs is 1. The number of rotatable bonds is 9. The van der Waals surface area contributed by atoms with Crippen LogP contribution in [0.4, 0.5) is 0 Å². The summed E-state index contributed by atoms with van der Waals surface area (Å²) >= 11 is 0. The first-order valence-electron chi connectivity index (χ1n) is 10.8. The third kappa shape index (κ3) is 4.56. The predicted octanol–water partition coefficient (Wildman–Crippen LogP) is 2.60. The van der Waals surface area contributed by atoms with Crippen molar-refractivity contribution < 1.29 is 28.5 Å². The fourth-order valence-electron chi connectivity index (χ4n) is 4.01. The SMILES string of the molecule is COc1ccc(CN2C(=O)c3cccc(OCCCN4CCOCC4)c3C2=O)c(OC)c1. The number of benzene rings is 2. The molecular weight excluding hydrogens is 412 g/mol. The fourth-order valence-corrected chi connectivity index (χ4v) is 4.01. The fraction of sp³-hybridized carbons (Fsp3) is 0.417. The summed E-state index contributed by atoms with van der Waals surface area (Å²) in [6.07, 6.45) is 0.832. The Kier molecular flexibility index (Phi) is 6.92. The third-order valence-electron chi connectivity index (χ3n) is 5.76. The first-order chi connectivity index (χ1) is 15.6. The molecule has 2 aliphatic heterocycles. The molecule has 0 unspecified atom stereocenters. The molecule has 0 saturated carbocycles. The molecule has 1 fully saturated rings. The first kappa shape index (κ1) is 22.1. The van der Waals surface area contributed by atoms with E-state index >= 15 is 0 Å². The second kappa shape index (κ2) is 10.0. The second-order valence-electron chi connectivity index (χ2n) is 7.71. The van der Waals surface area contributed by atoms with Crippen molar-refractivity contribution in [1.82, 2.24) is 9.80 Å². The van der Waals surface area contributed by atoms with Crippen molar-refractivity contribution in [3.8, 4) is 17.2 Å². The highest BCUT2D eigenvalue weighted by Gasteiger charge is 2.38. The van der Waals surface area contributed by atoms with E-state index in [0.29, 0.717) is 35.0 Å². The number of imide groups is 1. The molecule has 0 radical (unpaired) electrons. The van der Waals surface area contributed by atoms with Gasteiger partial charge >= 0.3 is 0 Å². The van der Waals surface area contributed by atoms with Gasteiger partial charge in [-0.15, -0.1) is 0 Å². The maximum absolute atomic E-state index is 13.2. The minimum absolute atomic E-state index is 0.107. The second-order valence-corrected chi connectivity index (χ2v) is 7.71. The lowest BCUT2D eigenvalue weighted by Gasteiger charge is -2.26. The molecule has 0 bridgehead atoms. The molecule has 0 spiro atoms.